The van der Waals surface area contributed by atoms with E-state index in [0.29, 0.717) is 0 Å². The number of hydrogen-bond donors (Lipinski definition) is 0. The maximum atomic E-state index is 6.79. The van der Waals surface area contributed by atoms with Crippen LogP contribution >= 0.6 is 0 Å². The van der Waals surface area contributed by atoms with Crippen molar-refractivity contribution < 1.29 is 8.83 Å². The molecule has 13 aromatic carbocycles. The minimum Gasteiger partial charge on any atom is -0.454 e. The Bertz CT molecular complexity index is 5630. The molecule has 86 heavy (non-hydrogen) atoms. The predicted molar refractivity (Wildman–Crippen MR) is 360 cm³/mol. The third kappa shape index (κ3) is 6.44. The molecule has 0 radical (unpaired) electrons. The van der Waals surface area contributed by atoms with Crippen molar-refractivity contribution in [2.45, 2.75) is 13.8 Å². The van der Waals surface area contributed by atoms with E-state index in [9.17, 15) is 0 Å². The number of nitrogens with zero attached hydrogens (tertiary/aromatic N) is 4. The Morgan fingerprint density at radius 3 is 1.10 bits per heavy atom. The van der Waals surface area contributed by atoms with E-state index < -0.39 is 0 Å². The summed E-state index contributed by atoms with van der Waals surface area (Å²) in [6.45, 7) is 4.33. The van der Waals surface area contributed by atoms with Gasteiger partial charge < -0.3 is 27.4 Å². The summed E-state index contributed by atoms with van der Waals surface area (Å²) in [6.07, 6.45) is 0. The first kappa shape index (κ1) is 47.2. The van der Waals surface area contributed by atoms with E-state index in [0.717, 1.165) is 89.0 Å². The average molecular weight is 1100 g/mol. The van der Waals surface area contributed by atoms with Crippen LogP contribution in [0.25, 0.3) is 142 Å². The van der Waals surface area contributed by atoms with Gasteiger partial charge in [-0.25, -0.2) is 0 Å². The summed E-state index contributed by atoms with van der Waals surface area (Å²) in [6, 6.07) is 97.7. The molecule has 6 aromatic heterocycles. The lowest BCUT2D eigenvalue weighted by Gasteiger charge is -2.26. The van der Waals surface area contributed by atoms with Crippen LogP contribution in [0.3, 0.4) is 0 Å². The Labute approximate surface area is 493 Å². The second-order valence-electron chi connectivity index (χ2n) is 23.3. The number of fused-ring (bicyclic) bond motifs is 18. The molecule has 19 rings (SSSR count). The van der Waals surface area contributed by atoms with Crippen LogP contribution in [-0.4, -0.2) is 8.80 Å². The monoisotopic (exact) mass is 1100 g/mol. The first-order valence-corrected chi connectivity index (χ1v) is 29.6. The summed E-state index contributed by atoms with van der Waals surface area (Å²) in [4.78, 5) is 4.76. The molecule has 0 amide bonds. The molecule has 0 unspecified atom stereocenters. The van der Waals surface area contributed by atoms with Crippen LogP contribution in [0.2, 0.25) is 0 Å². The molecule has 6 heterocycles. The Morgan fingerprint density at radius 1 is 0.279 bits per heavy atom. The molecule has 0 N–H and O–H groups in total. The van der Waals surface area contributed by atoms with Crippen LogP contribution in [0.15, 0.2) is 276 Å². The maximum absolute atomic E-state index is 6.79. The van der Waals surface area contributed by atoms with E-state index in [2.05, 4.69) is 287 Å². The van der Waals surface area contributed by atoms with Gasteiger partial charge >= 0.3 is 0 Å². The lowest BCUT2D eigenvalue weighted by Crippen LogP contribution is -2.10. The van der Waals surface area contributed by atoms with Crippen LogP contribution < -0.4 is 9.80 Å². The number of aromatic nitrogens is 2. The maximum Gasteiger partial charge on any atom is 0.159 e. The molecule has 6 heteroatoms. The van der Waals surface area contributed by atoms with Gasteiger partial charge in [0.1, 0.15) is 11.2 Å². The number of aryl methyl sites for hydroxylation is 2. The smallest absolute Gasteiger partial charge is 0.159 e. The van der Waals surface area contributed by atoms with Crippen molar-refractivity contribution in [3.63, 3.8) is 0 Å². The summed E-state index contributed by atoms with van der Waals surface area (Å²) < 4.78 is 18.8. The first-order valence-electron chi connectivity index (χ1n) is 29.6. The highest BCUT2D eigenvalue weighted by Crippen LogP contribution is 2.55. The van der Waals surface area contributed by atoms with Crippen molar-refractivity contribution in [3.8, 4) is 22.3 Å². The zero-order valence-corrected chi connectivity index (χ0v) is 47.0. The minimum atomic E-state index is 0.861. The van der Waals surface area contributed by atoms with Crippen molar-refractivity contribution in [3.05, 3.63) is 278 Å². The Morgan fingerprint density at radius 2 is 0.651 bits per heavy atom. The highest BCUT2D eigenvalue weighted by molar-refractivity contribution is 6.38. The molecule has 6 nitrogen and oxygen atoms in total. The van der Waals surface area contributed by atoms with Crippen molar-refractivity contribution in [1.82, 2.24) is 8.80 Å². The van der Waals surface area contributed by atoms with Gasteiger partial charge in [-0.3, -0.25) is 0 Å². The second kappa shape index (κ2) is 17.6. The number of furan rings is 2. The second-order valence-corrected chi connectivity index (χ2v) is 23.3. The molecule has 0 fully saturated rings. The van der Waals surface area contributed by atoms with Crippen molar-refractivity contribution in [2.24, 2.45) is 0 Å². The number of anilines is 6. The van der Waals surface area contributed by atoms with Gasteiger partial charge in [-0.1, -0.05) is 182 Å². The van der Waals surface area contributed by atoms with Gasteiger partial charge in [0.25, 0.3) is 0 Å². The molecule has 0 bridgehead atoms. The normalized spacial score (nSPS) is 12.3. The number of rotatable bonds is 8. The topological polar surface area (TPSA) is 41.6 Å². The lowest BCUT2D eigenvalue weighted by atomic mass is 9.89. The van der Waals surface area contributed by atoms with Crippen LogP contribution in [-0.2, 0) is 0 Å². The number of benzene rings is 13. The molecular formula is C80H50N4O2. The van der Waals surface area contributed by atoms with E-state index >= 15 is 0 Å². The first-order chi connectivity index (χ1) is 42.5. The standard InChI is InChI=1S/C80H50N4O2/c1-47-19-13-25-51(43-47)81(67-35-17-31-59-55-27-9-11-37-69(55)85-79(59)67)53-39-41-65-63(45-53)57-29-15-33-61-73-72(50-23-7-4-8-24-50)78-74(71(49-21-5-3-6-22-49)77(73)83(65)75(57)61)62-34-16-30-58-64-46-54(40-42-66(64)84(78)76(58)62)82(52-26-14-20-48(2)44-52)68-36-18-32-60-56-28-10-12-38-70(56)86-80(60)68/h3-46H,1-2H3. The van der Waals surface area contributed by atoms with Crippen LogP contribution in [0, 0.1) is 13.8 Å². The molecule has 0 saturated heterocycles. The Balaban J connectivity index is 0.910. The van der Waals surface area contributed by atoms with Gasteiger partial charge in [-0.05, 0) is 121 Å². The third-order valence-corrected chi connectivity index (χ3v) is 18.4. The fourth-order valence-electron chi connectivity index (χ4n) is 14.9. The van der Waals surface area contributed by atoms with Crippen molar-refractivity contribution in [2.75, 3.05) is 9.80 Å². The van der Waals surface area contributed by atoms with E-state index in [4.69, 9.17) is 8.83 Å². The molecule has 0 aliphatic carbocycles. The SMILES string of the molecule is Cc1cccc(N(c2ccc3c(c2)c2cccc4c5c(-c6ccccc6)c6c(c(-c7ccccc7)c5n3c24)c2cccc3c4cc(N(c5cccc(C)c5)c5cccc7c5oc5ccccc57)ccc4n6c32)c2cccc3c2oc2ccccc23)c1. The quantitative estimate of drug-likeness (QED) is 0.152. The fraction of sp³-hybridized carbons (Fsp3) is 0.0250. The summed E-state index contributed by atoms with van der Waals surface area (Å²) in [5.41, 5.74) is 24.0. The Hall–Kier alpha value is -11.3. The number of hydrogen-bond acceptors (Lipinski definition) is 4. The van der Waals surface area contributed by atoms with Gasteiger partial charge in [0.15, 0.2) is 11.2 Å². The van der Waals surface area contributed by atoms with Gasteiger partial charge in [0.05, 0.1) is 44.5 Å². The predicted octanol–water partition coefficient (Wildman–Crippen LogP) is 22.7. The molecule has 0 spiro atoms. The molecule has 0 saturated carbocycles. The summed E-state index contributed by atoms with van der Waals surface area (Å²) in [5, 5.41) is 14.1. The van der Waals surface area contributed by atoms with E-state index in [1.807, 2.05) is 12.1 Å². The van der Waals surface area contributed by atoms with Gasteiger partial charge in [0.2, 0.25) is 0 Å². The minimum absolute atomic E-state index is 0.861. The molecular weight excluding hydrogens is 1050 g/mol. The fourth-order valence-corrected chi connectivity index (χ4v) is 14.9. The number of para-hydroxylation sites is 6. The van der Waals surface area contributed by atoms with E-state index in [1.165, 1.54) is 98.5 Å². The van der Waals surface area contributed by atoms with Gasteiger partial charge in [-0.2, -0.15) is 0 Å². The van der Waals surface area contributed by atoms with Crippen LogP contribution in [0.1, 0.15) is 11.1 Å². The van der Waals surface area contributed by atoms with E-state index in [1.54, 1.807) is 0 Å². The molecule has 0 aliphatic heterocycles. The summed E-state index contributed by atoms with van der Waals surface area (Å²) in [5.74, 6) is 0. The zero-order chi connectivity index (χ0) is 56.5. The zero-order valence-electron chi connectivity index (χ0n) is 47.0. The Kier molecular flexibility index (Phi) is 9.65. The van der Waals surface area contributed by atoms with Crippen LogP contribution in [0.4, 0.5) is 34.1 Å². The van der Waals surface area contributed by atoms with Crippen LogP contribution in [0.5, 0.6) is 0 Å². The summed E-state index contributed by atoms with van der Waals surface area (Å²) >= 11 is 0. The highest BCUT2D eigenvalue weighted by atomic mass is 16.3. The average Bonchev–Trinajstić information content (AvgIpc) is 1.50. The third-order valence-electron chi connectivity index (χ3n) is 18.4. The summed E-state index contributed by atoms with van der Waals surface area (Å²) in [7, 11) is 0. The van der Waals surface area contributed by atoms with Crippen molar-refractivity contribution >= 4 is 154 Å². The molecule has 0 aliphatic rings. The van der Waals surface area contributed by atoms with E-state index in [-0.39, 0.29) is 0 Å². The van der Waals surface area contributed by atoms with Crippen molar-refractivity contribution in [1.29, 1.82) is 0 Å². The molecule has 0 atom stereocenters. The molecule has 19 aromatic rings. The molecule has 402 valence electrons. The highest BCUT2D eigenvalue weighted by Gasteiger charge is 2.32. The van der Waals surface area contributed by atoms with Gasteiger partial charge in [-0.15, -0.1) is 0 Å². The lowest BCUT2D eigenvalue weighted by molar-refractivity contribution is 0.668. The largest absolute Gasteiger partial charge is 0.454 e. The van der Waals surface area contributed by atoms with Gasteiger partial charge in [0, 0.05) is 98.5 Å².